The monoisotopic (exact) mass is 298 g/mol. The molecule has 0 unspecified atom stereocenters. The molecule has 0 saturated heterocycles. The predicted molar refractivity (Wildman–Crippen MR) is 70.2 cm³/mol. The van der Waals surface area contributed by atoms with Crippen molar-refractivity contribution in [2.24, 2.45) is 0 Å². The fourth-order valence-electron chi connectivity index (χ4n) is 1.99. The van der Waals surface area contributed by atoms with E-state index in [0.29, 0.717) is 10.6 Å². The Morgan fingerprint density at radius 1 is 1.41 bits per heavy atom. The van der Waals surface area contributed by atoms with Gasteiger partial charge >= 0.3 is 0 Å². The molecule has 2 aromatic heterocycles. The highest BCUT2D eigenvalue weighted by Gasteiger charge is 2.16. The number of aryl methyl sites for hydroxylation is 1. The molecule has 0 aliphatic heterocycles. The predicted octanol–water partition coefficient (Wildman–Crippen LogP) is 2.55. The van der Waals surface area contributed by atoms with E-state index in [0.717, 1.165) is 29.7 Å². The number of nitrogens with one attached hydrogen (secondary N) is 1. The number of hydrogen-bond donors (Lipinski definition) is 1. The van der Waals surface area contributed by atoms with Gasteiger partial charge in [0.1, 0.15) is 5.52 Å². The highest BCUT2D eigenvalue weighted by Crippen LogP contribution is 2.22. The minimum Gasteiger partial charge on any atom is -0.315 e. The number of fused-ring (bicyclic) bond motifs is 1. The minimum absolute atomic E-state index is 0.218. The molecule has 6 heteroatoms. The lowest BCUT2D eigenvalue weighted by Crippen LogP contribution is -2.12. The lowest BCUT2D eigenvalue weighted by atomic mass is 10.2. The van der Waals surface area contributed by atoms with E-state index in [-0.39, 0.29) is 5.56 Å². The molecule has 0 radical (unpaired) electrons. The highest BCUT2D eigenvalue weighted by atomic mass is 79.9. The van der Waals surface area contributed by atoms with E-state index in [2.05, 4.69) is 44.8 Å². The van der Waals surface area contributed by atoms with Crippen LogP contribution in [0.3, 0.4) is 0 Å². The summed E-state index contributed by atoms with van der Waals surface area (Å²) in [4.78, 5) is 18.6. The zero-order valence-corrected chi connectivity index (χ0v) is 11.7. The van der Waals surface area contributed by atoms with Gasteiger partial charge in [-0.05, 0) is 35.7 Å². The number of H-pyrrole nitrogens is 1. The SMILES string of the molecule is CCC(CC)n1nc(C)c2[nH]c(=O)c(Br)nc21. The third-order valence-electron chi connectivity index (χ3n) is 2.98. The van der Waals surface area contributed by atoms with Gasteiger partial charge in [-0.2, -0.15) is 5.10 Å². The van der Waals surface area contributed by atoms with Crippen molar-refractivity contribution in [2.45, 2.75) is 39.7 Å². The molecule has 0 fully saturated rings. The average molecular weight is 299 g/mol. The zero-order valence-electron chi connectivity index (χ0n) is 10.1. The van der Waals surface area contributed by atoms with Crippen LogP contribution in [0.15, 0.2) is 9.40 Å². The van der Waals surface area contributed by atoms with Crippen molar-refractivity contribution in [1.29, 1.82) is 0 Å². The van der Waals surface area contributed by atoms with Gasteiger partial charge < -0.3 is 4.98 Å². The Balaban J connectivity index is 2.73. The normalized spacial score (nSPS) is 11.6. The van der Waals surface area contributed by atoms with Crippen LogP contribution in [0.1, 0.15) is 38.4 Å². The van der Waals surface area contributed by atoms with E-state index in [4.69, 9.17) is 0 Å². The summed E-state index contributed by atoms with van der Waals surface area (Å²) in [5.41, 5.74) is 2.06. The second-order valence-electron chi connectivity index (χ2n) is 4.06. The minimum atomic E-state index is -0.218. The van der Waals surface area contributed by atoms with E-state index in [1.165, 1.54) is 0 Å². The molecule has 1 N–H and O–H groups in total. The van der Waals surface area contributed by atoms with E-state index in [1.807, 2.05) is 11.6 Å². The first kappa shape index (κ1) is 12.3. The number of rotatable bonds is 3. The number of nitrogens with zero attached hydrogens (tertiary/aromatic N) is 3. The first-order valence-electron chi connectivity index (χ1n) is 5.73. The highest BCUT2D eigenvalue weighted by molar-refractivity contribution is 9.10. The molecule has 0 bridgehead atoms. The van der Waals surface area contributed by atoms with Gasteiger partial charge in [0.15, 0.2) is 10.3 Å². The van der Waals surface area contributed by atoms with E-state index >= 15 is 0 Å². The summed E-state index contributed by atoms with van der Waals surface area (Å²) >= 11 is 3.16. The van der Waals surface area contributed by atoms with E-state index < -0.39 is 0 Å². The summed E-state index contributed by atoms with van der Waals surface area (Å²) < 4.78 is 2.21. The van der Waals surface area contributed by atoms with Crippen LogP contribution in [0.2, 0.25) is 0 Å². The smallest absolute Gasteiger partial charge is 0.281 e. The van der Waals surface area contributed by atoms with E-state index in [1.54, 1.807) is 0 Å². The summed E-state index contributed by atoms with van der Waals surface area (Å²) in [5.74, 6) is 0. The summed E-state index contributed by atoms with van der Waals surface area (Å²) in [6.45, 7) is 6.13. The zero-order chi connectivity index (χ0) is 12.6. The van der Waals surface area contributed by atoms with Gasteiger partial charge in [0.25, 0.3) is 5.56 Å². The summed E-state index contributed by atoms with van der Waals surface area (Å²) in [5, 5.41) is 4.48. The summed E-state index contributed by atoms with van der Waals surface area (Å²) in [6.07, 6.45) is 1.98. The Bertz CT molecular complexity index is 597. The van der Waals surface area contributed by atoms with Crippen molar-refractivity contribution in [1.82, 2.24) is 19.7 Å². The van der Waals surface area contributed by atoms with Crippen LogP contribution in [0.4, 0.5) is 0 Å². The molecular weight excluding hydrogens is 284 g/mol. The van der Waals surface area contributed by atoms with Crippen molar-refractivity contribution in [3.63, 3.8) is 0 Å². The Morgan fingerprint density at radius 3 is 2.65 bits per heavy atom. The van der Waals surface area contributed by atoms with Gasteiger partial charge in [0.05, 0.1) is 11.7 Å². The molecule has 0 saturated carbocycles. The Hall–Kier alpha value is -1.17. The molecule has 0 atom stereocenters. The second kappa shape index (κ2) is 4.60. The van der Waals surface area contributed by atoms with Crippen LogP contribution in [0.25, 0.3) is 11.2 Å². The first-order valence-corrected chi connectivity index (χ1v) is 6.52. The van der Waals surface area contributed by atoms with Crippen molar-refractivity contribution in [3.05, 3.63) is 20.7 Å². The molecule has 0 aromatic carbocycles. The maximum absolute atomic E-state index is 11.5. The largest absolute Gasteiger partial charge is 0.315 e. The number of aromatic amines is 1. The third-order valence-corrected chi connectivity index (χ3v) is 3.52. The van der Waals surface area contributed by atoms with Crippen molar-refractivity contribution in [2.75, 3.05) is 0 Å². The fourth-order valence-corrected chi connectivity index (χ4v) is 2.25. The molecule has 2 rings (SSSR count). The maximum Gasteiger partial charge on any atom is 0.281 e. The van der Waals surface area contributed by atoms with Gasteiger partial charge in [0.2, 0.25) is 0 Å². The number of aromatic nitrogens is 4. The van der Waals surface area contributed by atoms with Gasteiger partial charge in [-0.3, -0.25) is 4.79 Å². The quantitative estimate of drug-likeness (QED) is 0.947. The van der Waals surface area contributed by atoms with Gasteiger partial charge in [-0.1, -0.05) is 13.8 Å². The topological polar surface area (TPSA) is 63.6 Å². The lowest BCUT2D eigenvalue weighted by molar-refractivity contribution is 0.436. The van der Waals surface area contributed by atoms with Crippen LogP contribution in [0.5, 0.6) is 0 Å². The van der Waals surface area contributed by atoms with Gasteiger partial charge in [-0.25, -0.2) is 9.67 Å². The molecule has 0 aliphatic carbocycles. The maximum atomic E-state index is 11.5. The van der Waals surface area contributed by atoms with Crippen LogP contribution in [0, 0.1) is 6.92 Å². The fraction of sp³-hybridized carbons (Fsp3) is 0.545. The standard InChI is InChI=1S/C11H15BrN4O/c1-4-7(5-2)16-10-8(6(3)15-16)13-11(17)9(12)14-10/h7H,4-5H2,1-3H3,(H,13,17). The molecule has 0 amide bonds. The molecular formula is C11H15BrN4O. The molecule has 2 aromatic rings. The molecule has 2 heterocycles. The first-order chi connectivity index (χ1) is 8.08. The van der Waals surface area contributed by atoms with Crippen LogP contribution >= 0.6 is 15.9 Å². The van der Waals surface area contributed by atoms with Crippen LogP contribution in [-0.4, -0.2) is 19.7 Å². The Morgan fingerprint density at radius 2 is 2.06 bits per heavy atom. The van der Waals surface area contributed by atoms with Crippen molar-refractivity contribution >= 4 is 27.1 Å². The molecule has 17 heavy (non-hydrogen) atoms. The second-order valence-corrected chi connectivity index (χ2v) is 4.81. The van der Waals surface area contributed by atoms with Crippen LogP contribution < -0.4 is 5.56 Å². The van der Waals surface area contributed by atoms with Gasteiger partial charge in [0, 0.05) is 0 Å². The molecule has 0 spiro atoms. The molecule has 5 nitrogen and oxygen atoms in total. The van der Waals surface area contributed by atoms with Gasteiger partial charge in [-0.15, -0.1) is 0 Å². The van der Waals surface area contributed by atoms with Crippen LogP contribution in [-0.2, 0) is 0 Å². The molecule has 0 aliphatic rings. The van der Waals surface area contributed by atoms with Crippen molar-refractivity contribution < 1.29 is 0 Å². The molecule has 92 valence electrons. The van der Waals surface area contributed by atoms with E-state index in [9.17, 15) is 4.79 Å². The number of hydrogen-bond acceptors (Lipinski definition) is 3. The average Bonchev–Trinajstić information content (AvgIpc) is 2.60. The van der Waals surface area contributed by atoms with Crippen molar-refractivity contribution in [3.8, 4) is 0 Å². The third kappa shape index (κ3) is 2.01. The lowest BCUT2D eigenvalue weighted by Gasteiger charge is -2.13. The summed E-state index contributed by atoms with van der Waals surface area (Å²) in [7, 11) is 0. The summed E-state index contributed by atoms with van der Waals surface area (Å²) in [6, 6.07) is 0.316. The Labute approximate surface area is 107 Å². The number of halogens is 1. The Kier molecular flexibility index (Phi) is 3.33.